The lowest BCUT2D eigenvalue weighted by Crippen LogP contribution is -2.22. The summed E-state index contributed by atoms with van der Waals surface area (Å²) in [6, 6.07) is 4.35. The van der Waals surface area contributed by atoms with Gasteiger partial charge >= 0.3 is 5.97 Å². The molecule has 1 N–H and O–H groups in total. The summed E-state index contributed by atoms with van der Waals surface area (Å²) in [7, 11) is 2.11. The maximum atomic E-state index is 11.6. The largest absolute Gasteiger partial charge is 0.495 e. The number of aromatic carboxylic acids is 1. The van der Waals surface area contributed by atoms with Crippen LogP contribution in [0.5, 0.6) is 5.75 Å². The topological polar surface area (TPSA) is 91.4 Å². The standard InChI is InChI=1S/C19H26N4O4Si/c1-22-11-13(10-20-22)17-16-15(7-6-14(19(24)25)18(16)26-2)23(21-17)12-27-8-9-28(3,4)5/h6-7,10-11H,8-9,12H2,1-5H3,(H,24,25). The van der Waals surface area contributed by atoms with Gasteiger partial charge in [0.25, 0.3) is 0 Å². The Balaban J connectivity index is 2.06. The van der Waals surface area contributed by atoms with E-state index in [-0.39, 0.29) is 18.0 Å². The van der Waals surface area contributed by atoms with Crippen molar-refractivity contribution in [2.24, 2.45) is 7.05 Å². The number of benzene rings is 1. The van der Waals surface area contributed by atoms with E-state index in [4.69, 9.17) is 14.6 Å². The van der Waals surface area contributed by atoms with Gasteiger partial charge in [-0.1, -0.05) is 19.6 Å². The molecule has 0 atom stereocenters. The van der Waals surface area contributed by atoms with Crippen molar-refractivity contribution in [1.82, 2.24) is 19.6 Å². The first-order chi connectivity index (χ1) is 13.2. The van der Waals surface area contributed by atoms with Gasteiger partial charge in [-0.25, -0.2) is 9.48 Å². The summed E-state index contributed by atoms with van der Waals surface area (Å²) < 4.78 is 14.8. The molecule has 2 aromatic heterocycles. The highest BCUT2D eigenvalue weighted by molar-refractivity contribution is 6.76. The Morgan fingerprint density at radius 1 is 1.29 bits per heavy atom. The lowest BCUT2D eigenvalue weighted by Gasteiger charge is -2.15. The minimum absolute atomic E-state index is 0.0966. The van der Waals surface area contributed by atoms with E-state index in [0.29, 0.717) is 17.7 Å². The molecule has 8 nitrogen and oxygen atoms in total. The first-order valence-corrected chi connectivity index (χ1v) is 12.8. The van der Waals surface area contributed by atoms with Crippen molar-refractivity contribution in [2.45, 2.75) is 32.4 Å². The summed E-state index contributed by atoms with van der Waals surface area (Å²) in [5, 5.41) is 19.1. The van der Waals surface area contributed by atoms with Crippen LogP contribution in [0.1, 0.15) is 10.4 Å². The lowest BCUT2D eigenvalue weighted by atomic mass is 10.1. The number of carboxylic acids is 1. The molecule has 0 saturated carbocycles. The maximum Gasteiger partial charge on any atom is 0.339 e. The summed E-state index contributed by atoms with van der Waals surface area (Å²) >= 11 is 0. The fraction of sp³-hybridized carbons (Fsp3) is 0.421. The molecule has 0 amide bonds. The van der Waals surface area contributed by atoms with Crippen molar-refractivity contribution in [3.8, 4) is 17.0 Å². The van der Waals surface area contributed by atoms with Crippen LogP contribution in [0.2, 0.25) is 25.7 Å². The number of hydrogen-bond acceptors (Lipinski definition) is 5. The molecule has 0 fully saturated rings. The van der Waals surface area contributed by atoms with Gasteiger partial charge in [0, 0.05) is 33.5 Å². The van der Waals surface area contributed by atoms with Crippen LogP contribution < -0.4 is 4.74 Å². The minimum Gasteiger partial charge on any atom is -0.495 e. The first-order valence-electron chi connectivity index (χ1n) is 9.09. The number of fused-ring (bicyclic) bond motifs is 1. The molecule has 9 heteroatoms. The Bertz CT molecular complexity index is 1000. The molecule has 0 aliphatic rings. The predicted octanol–water partition coefficient (Wildman–Crippen LogP) is 3.46. The average molecular weight is 403 g/mol. The van der Waals surface area contributed by atoms with Crippen molar-refractivity contribution in [3.05, 3.63) is 30.1 Å². The van der Waals surface area contributed by atoms with E-state index >= 15 is 0 Å². The zero-order valence-corrected chi connectivity index (χ0v) is 17.9. The summed E-state index contributed by atoms with van der Waals surface area (Å²) in [6.45, 7) is 7.87. The summed E-state index contributed by atoms with van der Waals surface area (Å²) in [6.07, 6.45) is 3.54. The molecule has 0 bridgehead atoms. The molecule has 3 aromatic rings. The van der Waals surface area contributed by atoms with Crippen LogP contribution in [-0.2, 0) is 18.5 Å². The van der Waals surface area contributed by atoms with Gasteiger partial charge in [-0.15, -0.1) is 0 Å². The van der Waals surface area contributed by atoms with Gasteiger partial charge in [0.05, 0.1) is 24.2 Å². The highest BCUT2D eigenvalue weighted by atomic mass is 28.3. The van der Waals surface area contributed by atoms with Gasteiger partial charge in [0.1, 0.15) is 23.7 Å². The molecular weight excluding hydrogens is 376 g/mol. The zero-order valence-electron chi connectivity index (χ0n) is 16.9. The second-order valence-corrected chi connectivity index (χ2v) is 13.6. The van der Waals surface area contributed by atoms with E-state index in [9.17, 15) is 9.90 Å². The molecule has 0 radical (unpaired) electrons. The fourth-order valence-corrected chi connectivity index (χ4v) is 3.75. The van der Waals surface area contributed by atoms with Gasteiger partial charge in [0.2, 0.25) is 0 Å². The summed E-state index contributed by atoms with van der Waals surface area (Å²) in [4.78, 5) is 11.6. The average Bonchev–Trinajstić information content (AvgIpc) is 3.20. The Hall–Kier alpha value is -2.65. The van der Waals surface area contributed by atoms with Crippen LogP contribution in [0.4, 0.5) is 0 Å². The molecule has 0 spiro atoms. The van der Waals surface area contributed by atoms with E-state index in [1.54, 1.807) is 21.6 Å². The van der Waals surface area contributed by atoms with Gasteiger partial charge in [0.15, 0.2) is 0 Å². The van der Waals surface area contributed by atoms with Crippen LogP contribution in [0.3, 0.4) is 0 Å². The fourth-order valence-electron chi connectivity index (χ4n) is 2.99. The Morgan fingerprint density at radius 3 is 2.61 bits per heavy atom. The molecule has 2 heterocycles. The summed E-state index contributed by atoms with van der Waals surface area (Å²) in [5.41, 5.74) is 2.26. The molecule has 0 aliphatic heterocycles. The maximum absolute atomic E-state index is 11.6. The number of carbonyl (C=O) groups is 1. The normalized spacial score (nSPS) is 11.9. The smallest absolute Gasteiger partial charge is 0.339 e. The van der Waals surface area contributed by atoms with E-state index in [0.717, 1.165) is 17.1 Å². The third-order valence-electron chi connectivity index (χ3n) is 4.49. The van der Waals surface area contributed by atoms with Crippen molar-refractivity contribution in [2.75, 3.05) is 13.7 Å². The quantitative estimate of drug-likeness (QED) is 0.458. The molecular formula is C19H26N4O4Si. The number of aromatic nitrogens is 4. The summed E-state index contributed by atoms with van der Waals surface area (Å²) in [5.74, 6) is -0.757. The van der Waals surface area contributed by atoms with Crippen LogP contribution >= 0.6 is 0 Å². The van der Waals surface area contributed by atoms with Gasteiger partial charge < -0.3 is 14.6 Å². The number of aryl methyl sites for hydroxylation is 1. The number of ether oxygens (including phenoxy) is 2. The highest BCUT2D eigenvalue weighted by Crippen LogP contribution is 2.37. The van der Waals surface area contributed by atoms with Crippen LogP contribution in [-0.4, -0.2) is 52.4 Å². The number of methoxy groups -OCH3 is 1. The van der Waals surface area contributed by atoms with Crippen LogP contribution in [0.25, 0.3) is 22.2 Å². The number of rotatable bonds is 8. The number of nitrogens with zero attached hydrogens (tertiary/aromatic N) is 4. The Kier molecular flexibility index (Phi) is 5.57. The molecule has 0 unspecified atom stereocenters. The van der Waals surface area contributed by atoms with Crippen molar-refractivity contribution >= 4 is 24.9 Å². The highest BCUT2D eigenvalue weighted by Gasteiger charge is 2.23. The van der Waals surface area contributed by atoms with Gasteiger partial charge in [-0.3, -0.25) is 4.68 Å². The van der Waals surface area contributed by atoms with E-state index in [2.05, 4.69) is 24.7 Å². The second-order valence-electron chi connectivity index (χ2n) is 7.94. The molecule has 1 aromatic carbocycles. The van der Waals surface area contributed by atoms with Gasteiger partial charge in [-0.2, -0.15) is 10.2 Å². The predicted molar refractivity (Wildman–Crippen MR) is 110 cm³/mol. The van der Waals surface area contributed by atoms with E-state index in [1.807, 2.05) is 13.2 Å². The van der Waals surface area contributed by atoms with Crippen LogP contribution in [0.15, 0.2) is 24.5 Å². The molecule has 150 valence electrons. The molecule has 0 aliphatic carbocycles. The number of hydrogen-bond donors (Lipinski definition) is 1. The van der Waals surface area contributed by atoms with Gasteiger partial charge in [-0.05, 0) is 18.2 Å². The second kappa shape index (κ2) is 7.76. The number of carboxylic acid groups (broad SMARTS) is 1. The van der Waals surface area contributed by atoms with E-state index < -0.39 is 14.0 Å². The van der Waals surface area contributed by atoms with E-state index in [1.165, 1.54) is 13.2 Å². The van der Waals surface area contributed by atoms with Crippen LogP contribution in [0, 0.1) is 0 Å². The monoisotopic (exact) mass is 402 g/mol. The minimum atomic E-state index is -1.18. The lowest BCUT2D eigenvalue weighted by molar-refractivity contribution is 0.0693. The molecule has 3 rings (SSSR count). The third-order valence-corrected chi connectivity index (χ3v) is 6.20. The molecule has 0 saturated heterocycles. The SMILES string of the molecule is COc1c(C(=O)O)ccc2c1c(-c1cnn(C)c1)nn2COCC[Si](C)(C)C. The third kappa shape index (κ3) is 4.10. The van der Waals surface area contributed by atoms with Crippen molar-refractivity contribution in [3.63, 3.8) is 0 Å². The Morgan fingerprint density at radius 2 is 2.04 bits per heavy atom. The van der Waals surface area contributed by atoms with Crippen molar-refractivity contribution < 1.29 is 19.4 Å². The zero-order chi connectivity index (χ0) is 20.5. The van der Waals surface area contributed by atoms with Crippen molar-refractivity contribution in [1.29, 1.82) is 0 Å². The Labute approximate surface area is 164 Å². The first kappa shape index (κ1) is 20.1. The molecule has 28 heavy (non-hydrogen) atoms.